The Kier molecular flexibility index (Phi) is 6.74. The lowest BCUT2D eigenvalue weighted by molar-refractivity contribution is -0.139. The van der Waals surface area contributed by atoms with E-state index in [9.17, 15) is 9.59 Å². The summed E-state index contributed by atoms with van der Waals surface area (Å²) >= 11 is 0. The van der Waals surface area contributed by atoms with Gasteiger partial charge in [-0.1, -0.05) is 38.5 Å². The number of nitrogens with zero attached hydrogens (tertiary/aromatic N) is 2. The van der Waals surface area contributed by atoms with E-state index >= 15 is 0 Å². The van der Waals surface area contributed by atoms with E-state index in [2.05, 4.69) is 10.2 Å². The number of hydrogen-bond acceptors (Lipinski definition) is 3. The first kappa shape index (κ1) is 18.7. The molecule has 3 rings (SSSR count). The molecule has 0 aromatic rings. The summed E-state index contributed by atoms with van der Waals surface area (Å²) in [6.07, 6.45) is 11.9. The van der Waals surface area contributed by atoms with E-state index in [-0.39, 0.29) is 17.9 Å². The Morgan fingerprint density at radius 3 is 2.00 bits per heavy atom. The minimum absolute atomic E-state index is 0.0890. The normalized spacial score (nSPS) is 25.6. The van der Waals surface area contributed by atoms with Crippen LogP contribution in [0.2, 0.25) is 0 Å². The molecule has 0 bridgehead atoms. The number of amides is 2. The largest absolute Gasteiger partial charge is 0.352 e. The van der Waals surface area contributed by atoms with Crippen molar-refractivity contribution in [3.8, 4) is 0 Å². The third kappa shape index (κ3) is 4.96. The van der Waals surface area contributed by atoms with Crippen molar-refractivity contribution in [2.45, 2.75) is 83.2 Å². The first-order chi connectivity index (χ1) is 12.1. The van der Waals surface area contributed by atoms with Crippen LogP contribution in [0.1, 0.15) is 71.1 Å². The van der Waals surface area contributed by atoms with E-state index < -0.39 is 0 Å². The number of rotatable bonds is 4. The molecule has 1 unspecified atom stereocenters. The molecule has 5 nitrogen and oxygen atoms in total. The summed E-state index contributed by atoms with van der Waals surface area (Å²) < 4.78 is 0. The first-order valence-corrected chi connectivity index (χ1v) is 10.5. The predicted molar refractivity (Wildman–Crippen MR) is 99.2 cm³/mol. The molecule has 0 radical (unpaired) electrons. The molecule has 1 aliphatic heterocycles. The lowest BCUT2D eigenvalue weighted by Crippen LogP contribution is -2.56. The van der Waals surface area contributed by atoms with E-state index in [1.54, 1.807) is 0 Å². The maximum atomic E-state index is 12.7. The molecule has 2 amide bonds. The summed E-state index contributed by atoms with van der Waals surface area (Å²) in [6, 6.07) is 0.284. The fourth-order valence-corrected chi connectivity index (χ4v) is 4.67. The van der Waals surface area contributed by atoms with Crippen molar-refractivity contribution in [2.75, 3.05) is 26.2 Å². The van der Waals surface area contributed by atoms with Gasteiger partial charge >= 0.3 is 0 Å². The lowest BCUT2D eigenvalue weighted by Gasteiger charge is -2.39. The van der Waals surface area contributed by atoms with Crippen LogP contribution in [-0.4, -0.2) is 59.9 Å². The third-order valence-corrected chi connectivity index (χ3v) is 6.46. The minimum atomic E-state index is -0.0890. The molecule has 3 fully saturated rings. The molecule has 3 aliphatic rings. The number of carbonyl (C=O) groups excluding carboxylic acids is 2. The molecule has 25 heavy (non-hydrogen) atoms. The lowest BCUT2D eigenvalue weighted by atomic mass is 9.88. The summed E-state index contributed by atoms with van der Waals surface area (Å²) in [7, 11) is 0. The molecule has 2 aliphatic carbocycles. The smallest absolute Gasteiger partial charge is 0.237 e. The van der Waals surface area contributed by atoms with E-state index in [1.165, 1.54) is 38.5 Å². The topological polar surface area (TPSA) is 52.7 Å². The monoisotopic (exact) mass is 349 g/mol. The Labute approximate surface area is 152 Å². The second kappa shape index (κ2) is 9.02. The van der Waals surface area contributed by atoms with E-state index in [4.69, 9.17) is 0 Å². The molecule has 2 saturated carbocycles. The molecule has 0 spiro atoms. The molecule has 0 aromatic heterocycles. The van der Waals surface area contributed by atoms with Crippen molar-refractivity contribution in [2.24, 2.45) is 5.92 Å². The van der Waals surface area contributed by atoms with Crippen LogP contribution in [0.15, 0.2) is 0 Å². The highest BCUT2D eigenvalue weighted by Gasteiger charge is 2.31. The molecule has 1 atom stereocenters. The van der Waals surface area contributed by atoms with Crippen molar-refractivity contribution in [1.29, 1.82) is 0 Å². The quantitative estimate of drug-likeness (QED) is 0.849. The second-order valence-corrected chi connectivity index (χ2v) is 8.22. The molecular formula is C20H35N3O2. The summed E-state index contributed by atoms with van der Waals surface area (Å²) in [5.41, 5.74) is 0. The van der Waals surface area contributed by atoms with Crippen LogP contribution in [0.5, 0.6) is 0 Å². The van der Waals surface area contributed by atoms with Crippen LogP contribution in [0.3, 0.4) is 0 Å². The molecule has 1 N–H and O–H groups in total. The van der Waals surface area contributed by atoms with Crippen molar-refractivity contribution in [1.82, 2.24) is 15.1 Å². The number of piperazine rings is 1. The SMILES string of the molecule is CC(C(=O)NC1CCCCC1)N1CCN(C(=O)C2CCCCC2)CC1. The van der Waals surface area contributed by atoms with Crippen LogP contribution in [-0.2, 0) is 9.59 Å². The third-order valence-electron chi connectivity index (χ3n) is 6.46. The van der Waals surface area contributed by atoms with E-state index in [0.717, 1.165) is 51.9 Å². The summed E-state index contributed by atoms with van der Waals surface area (Å²) in [5, 5.41) is 3.24. The van der Waals surface area contributed by atoms with Gasteiger partial charge in [0.05, 0.1) is 6.04 Å². The summed E-state index contributed by atoms with van der Waals surface area (Å²) in [4.78, 5) is 29.5. The molecule has 0 aromatic carbocycles. The van der Waals surface area contributed by atoms with Gasteiger partial charge in [-0.15, -0.1) is 0 Å². The first-order valence-electron chi connectivity index (χ1n) is 10.5. The molecular weight excluding hydrogens is 314 g/mol. The highest BCUT2D eigenvalue weighted by molar-refractivity contribution is 5.82. The fraction of sp³-hybridized carbons (Fsp3) is 0.900. The molecule has 5 heteroatoms. The van der Waals surface area contributed by atoms with Crippen molar-refractivity contribution >= 4 is 11.8 Å². The van der Waals surface area contributed by atoms with Crippen molar-refractivity contribution in [3.63, 3.8) is 0 Å². The Hall–Kier alpha value is -1.10. The second-order valence-electron chi connectivity index (χ2n) is 8.22. The Morgan fingerprint density at radius 1 is 0.840 bits per heavy atom. The van der Waals surface area contributed by atoms with Gasteiger partial charge in [0.15, 0.2) is 0 Å². The van der Waals surface area contributed by atoms with Crippen LogP contribution in [0.25, 0.3) is 0 Å². The molecule has 142 valence electrons. The maximum Gasteiger partial charge on any atom is 0.237 e. The average molecular weight is 350 g/mol. The Bertz CT molecular complexity index is 448. The standard InChI is InChI=1S/C20H35N3O2/c1-16(19(24)21-18-10-6-3-7-11-18)22-12-14-23(15-13-22)20(25)17-8-4-2-5-9-17/h16-18H,2-15H2,1H3,(H,21,24). The van der Waals surface area contributed by atoms with Gasteiger partial charge in [0.25, 0.3) is 0 Å². The van der Waals surface area contributed by atoms with Gasteiger partial charge in [0, 0.05) is 38.1 Å². The zero-order valence-corrected chi connectivity index (χ0v) is 15.8. The summed E-state index contributed by atoms with van der Waals surface area (Å²) in [6.45, 7) is 5.19. The molecule has 1 heterocycles. The predicted octanol–water partition coefficient (Wildman–Crippen LogP) is 2.55. The number of hydrogen-bond donors (Lipinski definition) is 1. The number of carbonyl (C=O) groups is 2. The summed E-state index contributed by atoms with van der Waals surface area (Å²) in [5.74, 6) is 0.782. The van der Waals surface area contributed by atoms with E-state index in [0.29, 0.717) is 11.9 Å². The van der Waals surface area contributed by atoms with Gasteiger partial charge in [0.1, 0.15) is 0 Å². The average Bonchev–Trinajstić information content (AvgIpc) is 2.68. The van der Waals surface area contributed by atoms with Crippen LogP contribution in [0.4, 0.5) is 0 Å². The van der Waals surface area contributed by atoms with Crippen LogP contribution < -0.4 is 5.32 Å². The van der Waals surface area contributed by atoms with Gasteiger partial charge in [0.2, 0.25) is 11.8 Å². The van der Waals surface area contributed by atoms with Gasteiger partial charge in [-0.05, 0) is 32.6 Å². The van der Waals surface area contributed by atoms with E-state index in [1.807, 2.05) is 11.8 Å². The van der Waals surface area contributed by atoms with Gasteiger partial charge in [-0.3, -0.25) is 14.5 Å². The number of nitrogens with one attached hydrogen (secondary N) is 1. The van der Waals surface area contributed by atoms with Crippen LogP contribution >= 0.6 is 0 Å². The van der Waals surface area contributed by atoms with Gasteiger partial charge < -0.3 is 10.2 Å². The zero-order valence-electron chi connectivity index (χ0n) is 15.8. The van der Waals surface area contributed by atoms with Gasteiger partial charge in [-0.2, -0.15) is 0 Å². The van der Waals surface area contributed by atoms with Crippen molar-refractivity contribution < 1.29 is 9.59 Å². The highest BCUT2D eigenvalue weighted by Crippen LogP contribution is 2.26. The van der Waals surface area contributed by atoms with Crippen LogP contribution in [0, 0.1) is 5.92 Å². The highest BCUT2D eigenvalue weighted by atomic mass is 16.2. The zero-order chi connectivity index (χ0) is 17.6. The molecule has 1 saturated heterocycles. The van der Waals surface area contributed by atoms with Crippen molar-refractivity contribution in [3.05, 3.63) is 0 Å². The Balaban J connectivity index is 1.42. The minimum Gasteiger partial charge on any atom is -0.352 e. The maximum absolute atomic E-state index is 12.7. The Morgan fingerprint density at radius 2 is 1.40 bits per heavy atom. The van der Waals surface area contributed by atoms with Gasteiger partial charge in [-0.25, -0.2) is 0 Å². The fourth-order valence-electron chi connectivity index (χ4n) is 4.67.